The van der Waals surface area contributed by atoms with E-state index < -0.39 is 0 Å². The van der Waals surface area contributed by atoms with Crippen molar-refractivity contribution >= 4 is 0 Å². The van der Waals surface area contributed by atoms with Crippen LogP contribution in [0.15, 0.2) is 0 Å². The standard InChI is InChI=1S/C13H25N/c1-9-4-11-5-12(6-11)8-13(3,7-9)10(2)14/h9-12H,4-8,14H2,1-3H3. The second-order valence-electron chi connectivity index (χ2n) is 6.40. The smallest absolute Gasteiger partial charge is 0.00645 e. The molecule has 0 saturated heterocycles. The molecule has 1 nitrogen and oxygen atoms in total. The minimum atomic E-state index is 0.363. The second kappa shape index (κ2) is 3.52. The van der Waals surface area contributed by atoms with E-state index in [9.17, 15) is 0 Å². The van der Waals surface area contributed by atoms with Gasteiger partial charge in [0.25, 0.3) is 0 Å². The summed E-state index contributed by atoms with van der Waals surface area (Å²) >= 11 is 0. The summed E-state index contributed by atoms with van der Waals surface area (Å²) in [6.07, 6.45) is 7.17. The van der Waals surface area contributed by atoms with Gasteiger partial charge >= 0.3 is 0 Å². The molecule has 0 aromatic carbocycles. The van der Waals surface area contributed by atoms with Gasteiger partial charge in [-0.3, -0.25) is 0 Å². The number of rotatable bonds is 1. The molecular formula is C13H25N. The zero-order valence-electron chi connectivity index (χ0n) is 9.92. The first-order chi connectivity index (χ1) is 6.49. The minimum Gasteiger partial charge on any atom is -0.327 e. The molecule has 3 fully saturated rings. The highest BCUT2D eigenvalue weighted by atomic mass is 14.7. The molecule has 3 rings (SSSR count). The summed E-state index contributed by atoms with van der Waals surface area (Å²) in [5.41, 5.74) is 6.58. The topological polar surface area (TPSA) is 26.0 Å². The van der Waals surface area contributed by atoms with Gasteiger partial charge in [-0.2, -0.15) is 0 Å². The average Bonchev–Trinajstić information content (AvgIpc) is 1.96. The summed E-state index contributed by atoms with van der Waals surface area (Å²) in [5.74, 6) is 2.95. The maximum atomic E-state index is 6.16. The van der Waals surface area contributed by atoms with Gasteiger partial charge in [0.05, 0.1) is 0 Å². The fourth-order valence-corrected chi connectivity index (χ4v) is 3.80. The van der Waals surface area contributed by atoms with E-state index in [2.05, 4.69) is 20.8 Å². The number of nitrogens with two attached hydrogens (primary N) is 1. The van der Waals surface area contributed by atoms with Crippen LogP contribution in [-0.4, -0.2) is 6.04 Å². The molecule has 3 aliphatic rings. The van der Waals surface area contributed by atoms with Gasteiger partial charge in [-0.25, -0.2) is 0 Å². The Hall–Kier alpha value is -0.0400. The summed E-state index contributed by atoms with van der Waals surface area (Å²) in [5, 5.41) is 0. The average molecular weight is 195 g/mol. The Morgan fingerprint density at radius 1 is 1.14 bits per heavy atom. The monoisotopic (exact) mass is 195 g/mol. The van der Waals surface area contributed by atoms with Gasteiger partial charge < -0.3 is 5.73 Å². The van der Waals surface area contributed by atoms with Crippen LogP contribution in [-0.2, 0) is 0 Å². The molecule has 0 aromatic heterocycles. The van der Waals surface area contributed by atoms with Crippen molar-refractivity contribution in [2.45, 2.75) is 58.9 Å². The molecule has 0 aromatic rings. The van der Waals surface area contributed by atoms with Crippen molar-refractivity contribution in [1.29, 1.82) is 0 Å². The molecule has 0 amide bonds. The lowest BCUT2D eigenvalue weighted by molar-refractivity contribution is 0.0376. The predicted octanol–water partition coefficient (Wildman–Crippen LogP) is 3.19. The molecule has 3 saturated carbocycles. The van der Waals surface area contributed by atoms with Gasteiger partial charge in [0.15, 0.2) is 0 Å². The normalized spacial score (nSPS) is 50.1. The van der Waals surface area contributed by atoms with Crippen molar-refractivity contribution in [1.82, 2.24) is 0 Å². The van der Waals surface area contributed by atoms with Crippen molar-refractivity contribution in [3.63, 3.8) is 0 Å². The first-order valence-electron chi connectivity index (χ1n) is 6.25. The maximum Gasteiger partial charge on any atom is 0.00645 e. The molecule has 82 valence electrons. The molecular weight excluding hydrogens is 170 g/mol. The van der Waals surface area contributed by atoms with Crippen LogP contribution in [0.4, 0.5) is 0 Å². The summed E-state index contributed by atoms with van der Waals surface area (Å²) in [6, 6.07) is 0.363. The summed E-state index contributed by atoms with van der Waals surface area (Å²) in [6.45, 7) is 7.02. The van der Waals surface area contributed by atoms with Crippen molar-refractivity contribution in [2.24, 2.45) is 28.9 Å². The fourth-order valence-electron chi connectivity index (χ4n) is 3.80. The molecule has 0 radical (unpaired) electrons. The molecule has 3 atom stereocenters. The Morgan fingerprint density at radius 2 is 1.79 bits per heavy atom. The van der Waals surface area contributed by atoms with Crippen LogP contribution in [0.3, 0.4) is 0 Å². The highest BCUT2D eigenvalue weighted by Gasteiger charge is 2.41. The van der Waals surface area contributed by atoms with Crippen LogP contribution in [0, 0.1) is 23.2 Å². The van der Waals surface area contributed by atoms with Gasteiger partial charge in [-0.1, -0.05) is 13.8 Å². The maximum absolute atomic E-state index is 6.16. The lowest BCUT2D eigenvalue weighted by atomic mass is 9.58. The first-order valence-corrected chi connectivity index (χ1v) is 6.25. The van der Waals surface area contributed by atoms with E-state index >= 15 is 0 Å². The Bertz CT molecular complexity index is 201. The van der Waals surface area contributed by atoms with Crippen LogP contribution in [0.5, 0.6) is 0 Å². The Morgan fingerprint density at radius 3 is 2.36 bits per heavy atom. The van der Waals surface area contributed by atoms with E-state index in [0.717, 1.165) is 17.8 Å². The molecule has 0 aliphatic heterocycles. The second-order valence-corrected chi connectivity index (χ2v) is 6.40. The molecule has 14 heavy (non-hydrogen) atoms. The third-order valence-electron chi connectivity index (χ3n) is 4.74. The van der Waals surface area contributed by atoms with E-state index in [1.54, 1.807) is 0 Å². The highest BCUT2D eigenvalue weighted by molar-refractivity contribution is 4.94. The SMILES string of the molecule is CC1CC2CC(C2)CC(C)(C(C)N)C1. The Balaban J connectivity index is 2.08. The largest absolute Gasteiger partial charge is 0.327 e. The molecule has 3 unspecified atom stereocenters. The van der Waals surface area contributed by atoms with Crippen LogP contribution in [0.1, 0.15) is 52.9 Å². The lowest BCUT2D eigenvalue weighted by Gasteiger charge is -2.48. The zero-order chi connectivity index (χ0) is 10.3. The van der Waals surface area contributed by atoms with E-state index in [1.165, 1.54) is 32.1 Å². The summed E-state index contributed by atoms with van der Waals surface area (Å²) < 4.78 is 0. The van der Waals surface area contributed by atoms with Gasteiger partial charge in [0, 0.05) is 6.04 Å². The van der Waals surface area contributed by atoms with Crippen LogP contribution >= 0.6 is 0 Å². The zero-order valence-corrected chi connectivity index (χ0v) is 9.92. The van der Waals surface area contributed by atoms with E-state index in [0.29, 0.717) is 11.5 Å². The molecule has 2 bridgehead atoms. The third-order valence-corrected chi connectivity index (χ3v) is 4.74. The molecule has 2 N–H and O–H groups in total. The fraction of sp³-hybridized carbons (Fsp3) is 1.00. The number of fused-ring (bicyclic) bond motifs is 4. The molecule has 0 heterocycles. The number of hydrogen-bond acceptors (Lipinski definition) is 1. The Kier molecular flexibility index (Phi) is 2.63. The van der Waals surface area contributed by atoms with E-state index in [1.807, 2.05) is 0 Å². The Labute approximate surface area is 88.4 Å². The van der Waals surface area contributed by atoms with Gasteiger partial charge in [-0.15, -0.1) is 0 Å². The van der Waals surface area contributed by atoms with Crippen LogP contribution in [0.2, 0.25) is 0 Å². The van der Waals surface area contributed by atoms with Gasteiger partial charge in [0.1, 0.15) is 0 Å². The van der Waals surface area contributed by atoms with Gasteiger partial charge in [0.2, 0.25) is 0 Å². The minimum absolute atomic E-state index is 0.363. The summed E-state index contributed by atoms with van der Waals surface area (Å²) in [7, 11) is 0. The quantitative estimate of drug-likeness (QED) is 0.683. The summed E-state index contributed by atoms with van der Waals surface area (Å²) in [4.78, 5) is 0. The van der Waals surface area contributed by atoms with Crippen LogP contribution < -0.4 is 5.73 Å². The first kappa shape index (κ1) is 10.5. The van der Waals surface area contributed by atoms with Crippen molar-refractivity contribution in [3.05, 3.63) is 0 Å². The van der Waals surface area contributed by atoms with Crippen molar-refractivity contribution in [3.8, 4) is 0 Å². The molecule has 0 spiro atoms. The van der Waals surface area contributed by atoms with Gasteiger partial charge in [-0.05, 0) is 62.2 Å². The number of hydrogen-bond donors (Lipinski definition) is 1. The predicted molar refractivity (Wildman–Crippen MR) is 61.0 cm³/mol. The lowest BCUT2D eigenvalue weighted by Crippen LogP contribution is -2.44. The highest BCUT2D eigenvalue weighted by Crippen LogP contribution is 2.50. The van der Waals surface area contributed by atoms with Crippen LogP contribution in [0.25, 0.3) is 0 Å². The molecule has 1 heteroatoms. The van der Waals surface area contributed by atoms with Crippen molar-refractivity contribution < 1.29 is 0 Å². The third kappa shape index (κ3) is 1.84. The van der Waals surface area contributed by atoms with Crippen molar-refractivity contribution in [2.75, 3.05) is 0 Å². The van der Waals surface area contributed by atoms with E-state index in [-0.39, 0.29) is 0 Å². The molecule has 3 aliphatic carbocycles. The van der Waals surface area contributed by atoms with E-state index in [4.69, 9.17) is 5.73 Å².